The predicted molar refractivity (Wildman–Crippen MR) is 122 cm³/mol. The molecule has 8 nitrogen and oxygen atoms in total. The Morgan fingerprint density at radius 1 is 0.621 bits per heavy atom. The molecule has 1 saturated heterocycles. The lowest BCUT2D eigenvalue weighted by Gasteiger charge is -2.28. The second kappa shape index (κ2) is 14.6. The second-order valence-electron chi connectivity index (χ2n) is 9.39. The van der Waals surface area contributed by atoms with Gasteiger partial charge in [-0.3, -0.25) is 9.80 Å². The van der Waals surface area contributed by atoms with E-state index in [-0.39, 0.29) is 12.2 Å². The van der Waals surface area contributed by atoms with Gasteiger partial charge in [-0.05, 0) is 61.8 Å². The van der Waals surface area contributed by atoms with Crippen molar-refractivity contribution >= 4 is 0 Å². The van der Waals surface area contributed by atoms with Gasteiger partial charge in [0.2, 0.25) is 0 Å². The number of nitrogens with zero attached hydrogens (tertiary/aromatic N) is 6. The smallest absolute Gasteiger partial charge is 0.0793 e. The Bertz CT molecular complexity index is 377. The van der Waals surface area contributed by atoms with Crippen molar-refractivity contribution in [3.05, 3.63) is 0 Å². The van der Waals surface area contributed by atoms with Gasteiger partial charge in [0.25, 0.3) is 0 Å². The molecule has 1 aliphatic heterocycles. The molecule has 0 aromatic carbocycles. The molecule has 1 heterocycles. The second-order valence-corrected chi connectivity index (χ2v) is 9.39. The third kappa shape index (κ3) is 13.6. The van der Waals surface area contributed by atoms with Gasteiger partial charge in [0, 0.05) is 65.4 Å². The molecule has 0 aromatic rings. The summed E-state index contributed by atoms with van der Waals surface area (Å²) in [7, 11) is 12.5. The molecule has 8 heteroatoms. The fraction of sp³-hybridized carbons (Fsp3) is 1.00. The van der Waals surface area contributed by atoms with E-state index in [2.05, 4.69) is 71.7 Å². The van der Waals surface area contributed by atoms with Crippen LogP contribution in [0.25, 0.3) is 0 Å². The first-order valence-corrected chi connectivity index (χ1v) is 11.1. The molecular formula is C21H48N6O2. The summed E-state index contributed by atoms with van der Waals surface area (Å²) in [6.45, 7) is 10.8. The Morgan fingerprint density at radius 2 is 1.00 bits per heavy atom. The summed E-state index contributed by atoms with van der Waals surface area (Å²) in [5.41, 5.74) is 0. The van der Waals surface area contributed by atoms with Crippen molar-refractivity contribution in [2.75, 3.05) is 121 Å². The Balaban J connectivity index is 2.27. The largest absolute Gasteiger partial charge is 0.390 e. The first kappa shape index (κ1) is 26.7. The molecule has 0 radical (unpaired) electrons. The first-order valence-electron chi connectivity index (χ1n) is 11.1. The van der Waals surface area contributed by atoms with Crippen molar-refractivity contribution in [2.45, 2.75) is 18.6 Å². The van der Waals surface area contributed by atoms with Crippen LogP contribution in [-0.4, -0.2) is 173 Å². The topological polar surface area (TPSA) is 59.9 Å². The van der Waals surface area contributed by atoms with Crippen LogP contribution < -0.4 is 0 Å². The summed E-state index contributed by atoms with van der Waals surface area (Å²) in [5.74, 6) is 0. The first-order chi connectivity index (χ1) is 13.7. The van der Waals surface area contributed by atoms with Crippen LogP contribution in [0.4, 0.5) is 0 Å². The lowest BCUT2D eigenvalue weighted by atomic mass is 10.2. The molecule has 1 fully saturated rings. The Morgan fingerprint density at radius 3 is 1.34 bits per heavy atom. The normalized spacial score (nSPS) is 19.4. The van der Waals surface area contributed by atoms with Crippen molar-refractivity contribution in [3.63, 3.8) is 0 Å². The van der Waals surface area contributed by atoms with E-state index in [9.17, 15) is 10.2 Å². The van der Waals surface area contributed by atoms with Crippen LogP contribution in [0.15, 0.2) is 0 Å². The SMILES string of the molecule is CN(C)CCN(C)CC(O)CN1CCCN(CC(O)CN(C)CCN(C)C)CC1. The Labute approximate surface area is 179 Å². The lowest BCUT2D eigenvalue weighted by molar-refractivity contribution is 0.0729. The average Bonchev–Trinajstić information content (AvgIpc) is 2.83. The third-order valence-corrected chi connectivity index (χ3v) is 5.52. The molecule has 1 aliphatic rings. The van der Waals surface area contributed by atoms with E-state index in [4.69, 9.17) is 0 Å². The van der Waals surface area contributed by atoms with E-state index in [1.807, 2.05) is 0 Å². The average molecular weight is 417 g/mol. The summed E-state index contributed by atoms with van der Waals surface area (Å²) in [6.07, 6.45) is 0.459. The zero-order valence-corrected chi connectivity index (χ0v) is 19.9. The number of rotatable bonds is 14. The molecule has 2 atom stereocenters. The van der Waals surface area contributed by atoms with E-state index in [0.29, 0.717) is 13.1 Å². The molecule has 0 aromatic heterocycles. The van der Waals surface area contributed by atoms with Gasteiger partial charge < -0.3 is 29.8 Å². The molecule has 0 aliphatic carbocycles. The van der Waals surface area contributed by atoms with Crippen LogP contribution in [0, 0.1) is 0 Å². The van der Waals surface area contributed by atoms with Crippen molar-refractivity contribution in [1.29, 1.82) is 0 Å². The van der Waals surface area contributed by atoms with E-state index in [1.54, 1.807) is 0 Å². The number of likely N-dealkylation sites (N-methyl/N-ethyl adjacent to an activating group) is 4. The Kier molecular flexibility index (Phi) is 13.5. The van der Waals surface area contributed by atoms with Gasteiger partial charge in [0.15, 0.2) is 0 Å². The van der Waals surface area contributed by atoms with Crippen molar-refractivity contribution in [1.82, 2.24) is 29.4 Å². The summed E-state index contributed by atoms with van der Waals surface area (Å²) in [6, 6.07) is 0. The minimum atomic E-state index is -0.315. The van der Waals surface area contributed by atoms with Crippen LogP contribution >= 0.6 is 0 Å². The molecule has 0 bridgehead atoms. The van der Waals surface area contributed by atoms with Gasteiger partial charge in [0.1, 0.15) is 0 Å². The minimum absolute atomic E-state index is 0.315. The quantitative estimate of drug-likeness (QED) is 0.363. The maximum Gasteiger partial charge on any atom is 0.0793 e. The van der Waals surface area contributed by atoms with Crippen molar-refractivity contribution in [2.24, 2.45) is 0 Å². The summed E-state index contributed by atoms with van der Waals surface area (Å²) < 4.78 is 0. The molecule has 0 saturated carbocycles. The minimum Gasteiger partial charge on any atom is -0.390 e. The van der Waals surface area contributed by atoms with E-state index in [1.165, 1.54) is 0 Å². The van der Waals surface area contributed by atoms with Crippen LogP contribution in [-0.2, 0) is 0 Å². The molecular weight excluding hydrogens is 368 g/mol. The number of hydrogen-bond donors (Lipinski definition) is 2. The summed E-state index contributed by atoms with van der Waals surface area (Å²) >= 11 is 0. The highest BCUT2D eigenvalue weighted by molar-refractivity contribution is 4.76. The van der Waals surface area contributed by atoms with Gasteiger partial charge in [-0.25, -0.2) is 0 Å². The van der Waals surface area contributed by atoms with Crippen molar-refractivity contribution in [3.8, 4) is 0 Å². The molecule has 29 heavy (non-hydrogen) atoms. The zero-order valence-electron chi connectivity index (χ0n) is 19.9. The highest BCUT2D eigenvalue weighted by Crippen LogP contribution is 2.06. The summed E-state index contributed by atoms with van der Waals surface area (Å²) in [5, 5.41) is 20.9. The van der Waals surface area contributed by atoms with Crippen LogP contribution in [0.1, 0.15) is 6.42 Å². The third-order valence-electron chi connectivity index (χ3n) is 5.52. The van der Waals surface area contributed by atoms with E-state index in [0.717, 1.165) is 71.9 Å². The van der Waals surface area contributed by atoms with Gasteiger partial charge >= 0.3 is 0 Å². The number of aliphatic hydroxyl groups is 2. The van der Waals surface area contributed by atoms with E-state index < -0.39 is 0 Å². The standard InChI is InChI=1S/C21H48N6O2/c1-22(2)10-12-24(5)16-20(28)18-26-8-7-9-27(15-14-26)19-21(29)17-25(6)13-11-23(3)4/h20-21,28-29H,7-19H2,1-6H3. The van der Waals surface area contributed by atoms with E-state index >= 15 is 0 Å². The Hall–Kier alpha value is -0.320. The molecule has 2 N–H and O–H groups in total. The van der Waals surface area contributed by atoms with Gasteiger partial charge in [-0.1, -0.05) is 0 Å². The molecule has 174 valence electrons. The fourth-order valence-electron chi connectivity index (χ4n) is 3.74. The molecule has 0 spiro atoms. The number of β-amino-alcohol motifs (C(OH)–C–C–N with tert-alkyl or cyclic N) is 2. The van der Waals surface area contributed by atoms with Gasteiger partial charge in [-0.2, -0.15) is 0 Å². The monoisotopic (exact) mass is 416 g/mol. The van der Waals surface area contributed by atoms with Gasteiger partial charge in [0.05, 0.1) is 12.2 Å². The number of hydrogen-bond acceptors (Lipinski definition) is 8. The number of aliphatic hydroxyl groups excluding tert-OH is 2. The highest BCUT2D eigenvalue weighted by atomic mass is 16.3. The van der Waals surface area contributed by atoms with Crippen molar-refractivity contribution < 1.29 is 10.2 Å². The van der Waals surface area contributed by atoms with Crippen LogP contribution in [0.3, 0.4) is 0 Å². The van der Waals surface area contributed by atoms with Crippen LogP contribution in [0.5, 0.6) is 0 Å². The summed E-state index contributed by atoms with van der Waals surface area (Å²) in [4.78, 5) is 13.5. The molecule has 1 rings (SSSR count). The molecule has 0 amide bonds. The fourth-order valence-corrected chi connectivity index (χ4v) is 3.74. The van der Waals surface area contributed by atoms with Gasteiger partial charge in [-0.15, -0.1) is 0 Å². The zero-order chi connectivity index (χ0) is 21.8. The molecule has 2 unspecified atom stereocenters. The highest BCUT2D eigenvalue weighted by Gasteiger charge is 2.20. The lowest BCUT2D eigenvalue weighted by Crippen LogP contribution is -2.43. The predicted octanol–water partition coefficient (Wildman–Crippen LogP) is -1.30. The maximum atomic E-state index is 10.5. The van der Waals surface area contributed by atoms with Crippen LogP contribution in [0.2, 0.25) is 0 Å². The maximum absolute atomic E-state index is 10.5.